The number of alkyl halides is 3. The lowest BCUT2D eigenvalue weighted by molar-refractivity contribution is -0.140. The van der Waals surface area contributed by atoms with E-state index < -0.39 is 11.9 Å². The van der Waals surface area contributed by atoms with Gasteiger partial charge in [0.05, 0.1) is 10.5 Å². The molecule has 136 valence electrons. The van der Waals surface area contributed by atoms with E-state index in [4.69, 9.17) is 0 Å². The van der Waals surface area contributed by atoms with Crippen LogP contribution in [0, 0.1) is 0 Å². The highest BCUT2D eigenvalue weighted by Crippen LogP contribution is 2.36. The minimum Gasteiger partial charge on any atom is -0.355 e. The molecule has 1 atom stereocenters. The van der Waals surface area contributed by atoms with Crippen molar-refractivity contribution < 1.29 is 13.2 Å². The standard InChI is InChI=1S/C17H14BrF3N4S/c18-11-3-4-13-12(6-11)15(23-9-22-13)25-5-1-2-10(7-25)16-24-14(8-26-16)17(19,20)21/h3-4,6,8-10H,1-2,5,7H2. The number of hydrogen-bond donors (Lipinski definition) is 0. The molecular weight excluding hydrogens is 429 g/mol. The minimum absolute atomic E-state index is 0.0259. The van der Waals surface area contributed by atoms with Gasteiger partial charge in [-0.1, -0.05) is 15.9 Å². The average Bonchev–Trinajstić information content (AvgIpc) is 3.12. The largest absolute Gasteiger partial charge is 0.434 e. The van der Waals surface area contributed by atoms with Crippen LogP contribution in [0.25, 0.3) is 10.9 Å². The normalized spacial score (nSPS) is 18.5. The number of nitrogens with zero attached hydrogens (tertiary/aromatic N) is 4. The predicted molar refractivity (Wildman–Crippen MR) is 98.5 cm³/mol. The first kappa shape index (κ1) is 17.7. The molecule has 26 heavy (non-hydrogen) atoms. The maximum Gasteiger partial charge on any atom is 0.434 e. The van der Waals surface area contributed by atoms with Gasteiger partial charge in [-0.2, -0.15) is 13.2 Å². The van der Waals surface area contributed by atoms with Crippen molar-refractivity contribution in [2.24, 2.45) is 0 Å². The van der Waals surface area contributed by atoms with Crippen LogP contribution >= 0.6 is 27.3 Å². The summed E-state index contributed by atoms with van der Waals surface area (Å²) in [4.78, 5) is 14.7. The topological polar surface area (TPSA) is 41.9 Å². The lowest BCUT2D eigenvalue weighted by Crippen LogP contribution is -2.35. The molecule has 0 radical (unpaired) electrons. The monoisotopic (exact) mass is 442 g/mol. The molecule has 4 nitrogen and oxygen atoms in total. The van der Waals surface area contributed by atoms with Gasteiger partial charge in [-0.15, -0.1) is 11.3 Å². The van der Waals surface area contributed by atoms with Crippen molar-refractivity contribution in [1.29, 1.82) is 0 Å². The first-order valence-corrected chi connectivity index (χ1v) is 9.77. The second kappa shape index (κ2) is 6.77. The molecule has 1 unspecified atom stereocenters. The summed E-state index contributed by atoms with van der Waals surface area (Å²) in [6.07, 6.45) is -1.16. The Balaban J connectivity index is 1.63. The summed E-state index contributed by atoms with van der Waals surface area (Å²) in [5.74, 6) is 0.788. The summed E-state index contributed by atoms with van der Waals surface area (Å²) < 4.78 is 39.4. The van der Waals surface area contributed by atoms with Crippen molar-refractivity contribution in [1.82, 2.24) is 15.0 Å². The van der Waals surface area contributed by atoms with E-state index in [0.717, 1.165) is 57.3 Å². The van der Waals surface area contributed by atoms with E-state index in [1.54, 1.807) is 0 Å². The molecule has 0 spiro atoms. The smallest absolute Gasteiger partial charge is 0.355 e. The number of rotatable bonds is 2. The number of thiazole rings is 1. The van der Waals surface area contributed by atoms with E-state index in [2.05, 4.69) is 35.8 Å². The van der Waals surface area contributed by atoms with E-state index >= 15 is 0 Å². The van der Waals surface area contributed by atoms with Crippen molar-refractivity contribution >= 4 is 44.0 Å². The van der Waals surface area contributed by atoms with Crippen molar-refractivity contribution in [2.45, 2.75) is 24.9 Å². The van der Waals surface area contributed by atoms with E-state index in [-0.39, 0.29) is 5.92 Å². The molecule has 4 rings (SSSR count). The average molecular weight is 443 g/mol. The highest BCUT2D eigenvalue weighted by Gasteiger charge is 2.35. The fourth-order valence-corrected chi connectivity index (χ4v) is 4.56. The molecule has 3 heterocycles. The van der Waals surface area contributed by atoms with Crippen molar-refractivity contribution in [3.05, 3.63) is 45.1 Å². The molecule has 0 bridgehead atoms. The molecular formula is C17H14BrF3N4S. The van der Waals surface area contributed by atoms with Crippen molar-refractivity contribution in [3.63, 3.8) is 0 Å². The van der Waals surface area contributed by atoms with Gasteiger partial charge < -0.3 is 4.90 Å². The highest BCUT2D eigenvalue weighted by molar-refractivity contribution is 9.10. The number of piperidine rings is 1. The Labute approximate surface area is 160 Å². The second-order valence-corrected chi connectivity index (χ2v) is 8.02. The third kappa shape index (κ3) is 3.42. The minimum atomic E-state index is -4.39. The third-order valence-corrected chi connectivity index (χ3v) is 5.96. The van der Waals surface area contributed by atoms with Gasteiger partial charge in [-0.05, 0) is 31.0 Å². The van der Waals surface area contributed by atoms with E-state index in [1.165, 1.54) is 6.33 Å². The van der Waals surface area contributed by atoms with Gasteiger partial charge in [-0.3, -0.25) is 0 Å². The molecule has 0 N–H and O–H groups in total. The van der Waals surface area contributed by atoms with Crippen molar-refractivity contribution in [2.75, 3.05) is 18.0 Å². The van der Waals surface area contributed by atoms with E-state index in [1.807, 2.05) is 18.2 Å². The summed E-state index contributed by atoms with van der Waals surface area (Å²) in [5.41, 5.74) is 0.0416. The summed E-state index contributed by atoms with van der Waals surface area (Å²) in [6.45, 7) is 1.41. The molecule has 1 fully saturated rings. The molecule has 3 aromatic rings. The lowest BCUT2D eigenvalue weighted by atomic mass is 9.98. The number of halogens is 4. The zero-order chi connectivity index (χ0) is 18.3. The SMILES string of the molecule is FC(F)(F)c1csc(C2CCCN(c3ncnc4ccc(Br)cc34)C2)n1. The Hall–Kier alpha value is -1.74. The van der Waals surface area contributed by atoms with Crippen molar-refractivity contribution in [3.8, 4) is 0 Å². The van der Waals surface area contributed by atoms with Crippen LogP contribution in [0.3, 0.4) is 0 Å². The maximum absolute atomic E-state index is 12.8. The second-order valence-electron chi connectivity index (χ2n) is 6.21. The number of anilines is 1. The first-order chi connectivity index (χ1) is 12.4. The molecule has 2 aromatic heterocycles. The fraction of sp³-hybridized carbons (Fsp3) is 0.353. The summed E-state index contributed by atoms with van der Waals surface area (Å²) in [5, 5.41) is 2.57. The molecule has 9 heteroatoms. The Bertz CT molecular complexity index is 943. The molecule has 1 aliphatic rings. The zero-order valence-electron chi connectivity index (χ0n) is 13.5. The van der Waals surface area contributed by atoms with Gasteiger partial charge in [0.15, 0.2) is 5.69 Å². The third-order valence-electron chi connectivity index (χ3n) is 4.46. The molecule has 0 aliphatic carbocycles. The van der Waals surface area contributed by atoms with Crippen LogP contribution in [0.4, 0.5) is 19.0 Å². The van der Waals surface area contributed by atoms with Crippen LogP contribution in [0.15, 0.2) is 34.4 Å². The molecule has 1 aliphatic heterocycles. The van der Waals surface area contributed by atoms with Gasteiger partial charge >= 0.3 is 6.18 Å². The molecule has 1 saturated heterocycles. The van der Waals surface area contributed by atoms with Gasteiger partial charge in [0.2, 0.25) is 0 Å². The summed E-state index contributed by atoms with van der Waals surface area (Å²) in [6, 6.07) is 5.81. The highest BCUT2D eigenvalue weighted by atomic mass is 79.9. The summed E-state index contributed by atoms with van der Waals surface area (Å²) >= 11 is 4.56. The quantitative estimate of drug-likeness (QED) is 0.543. The molecule has 0 amide bonds. The number of hydrogen-bond acceptors (Lipinski definition) is 5. The Kier molecular flexibility index (Phi) is 4.60. The molecule has 0 saturated carbocycles. The van der Waals surface area contributed by atoms with Crippen LogP contribution in [0.1, 0.15) is 29.5 Å². The van der Waals surface area contributed by atoms with Crippen LogP contribution in [-0.4, -0.2) is 28.0 Å². The number of benzene rings is 1. The Morgan fingerprint density at radius 3 is 2.85 bits per heavy atom. The Morgan fingerprint density at radius 1 is 1.23 bits per heavy atom. The summed E-state index contributed by atoms with van der Waals surface area (Å²) in [7, 11) is 0. The van der Waals surface area contributed by atoms with Gasteiger partial charge in [-0.25, -0.2) is 15.0 Å². The Morgan fingerprint density at radius 2 is 2.08 bits per heavy atom. The van der Waals surface area contributed by atoms with Gasteiger partial charge in [0.25, 0.3) is 0 Å². The lowest BCUT2D eigenvalue weighted by Gasteiger charge is -2.33. The predicted octanol–water partition coefficient (Wildman–Crippen LogP) is 5.25. The maximum atomic E-state index is 12.8. The van der Waals surface area contributed by atoms with Crippen LogP contribution < -0.4 is 4.90 Å². The van der Waals surface area contributed by atoms with E-state index in [0.29, 0.717) is 11.6 Å². The molecule has 1 aromatic carbocycles. The number of aromatic nitrogens is 3. The number of fused-ring (bicyclic) bond motifs is 1. The van der Waals surface area contributed by atoms with Crippen LogP contribution in [0.5, 0.6) is 0 Å². The van der Waals surface area contributed by atoms with Crippen LogP contribution in [-0.2, 0) is 6.18 Å². The van der Waals surface area contributed by atoms with Gasteiger partial charge in [0, 0.05) is 34.2 Å². The fourth-order valence-electron chi connectivity index (χ4n) is 3.24. The van der Waals surface area contributed by atoms with Crippen LogP contribution in [0.2, 0.25) is 0 Å². The zero-order valence-corrected chi connectivity index (χ0v) is 15.9. The van der Waals surface area contributed by atoms with E-state index in [9.17, 15) is 13.2 Å². The van der Waals surface area contributed by atoms with Gasteiger partial charge in [0.1, 0.15) is 12.1 Å². The first-order valence-electron chi connectivity index (χ1n) is 8.09.